The molecule has 0 amide bonds. The summed E-state index contributed by atoms with van der Waals surface area (Å²) in [6, 6.07) is 12.7. The van der Waals surface area contributed by atoms with Gasteiger partial charge in [0.1, 0.15) is 0 Å². The number of carboxylic acids is 1. The van der Waals surface area contributed by atoms with E-state index in [9.17, 15) is 23.1 Å². The summed E-state index contributed by atoms with van der Waals surface area (Å²) in [5, 5.41) is 12.7. The van der Waals surface area contributed by atoms with Crippen LogP contribution in [0.25, 0.3) is 16.7 Å². The number of benzene rings is 2. The van der Waals surface area contributed by atoms with Gasteiger partial charge in [-0.05, 0) is 23.8 Å². The van der Waals surface area contributed by atoms with Crippen molar-refractivity contribution < 1.29 is 23.1 Å². The molecule has 2 heterocycles. The average molecular weight is 400 g/mol. The lowest BCUT2D eigenvalue weighted by Crippen LogP contribution is -2.17. The first kappa shape index (κ1) is 18.9. The van der Waals surface area contributed by atoms with Gasteiger partial charge in [-0.1, -0.05) is 30.3 Å². The number of carboxylic acid groups (broad SMARTS) is 1. The Morgan fingerprint density at radius 1 is 1.10 bits per heavy atom. The number of carbonyl (C=O) groups is 1. The molecule has 2 N–H and O–H groups in total. The summed E-state index contributed by atoms with van der Waals surface area (Å²) in [7, 11) is 0. The molecule has 0 aliphatic heterocycles. The predicted molar refractivity (Wildman–Crippen MR) is 99.4 cm³/mol. The minimum Gasteiger partial charge on any atom is -0.476 e. The second-order valence-electron chi connectivity index (χ2n) is 6.45. The molecule has 0 aliphatic carbocycles. The molecule has 0 unspecified atom stereocenters. The van der Waals surface area contributed by atoms with E-state index in [4.69, 9.17) is 0 Å². The van der Waals surface area contributed by atoms with Crippen LogP contribution in [0.1, 0.15) is 27.3 Å². The summed E-state index contributed by atoms with van der Waals surface area (Å²) in [5.74, 6) is -1.22. The zero-order chi connectivity index (χ0) is 20.6. The highest BCUT2D eigenvalue weighted by molar-refractivity contribution is 5.89. The van der Waals surface area contributed by atoms with Crippen LogP contribution >= 0.6 is 0 Å². The van der Waals surface area contributed by atoms with Gasteiger partial charge < -0.3 is 10.4 Å². The third kappa shape index (κ3) is 3.64. The number of alkyl halides is 3. The molecule has 0 saturated heterocycles. The van der Waals surface area contributed by atoms with Gasteiger partial charge in [0.25, 0.3) is 0 Å². The van der Waals surface area contributed by atoms with Gasteiger partial charge in [0.2, 0.25) is 0 Å². The van der Waals surface area contributed by atoms with E-state index in [1.165, 1.54) is 16.7 Å². The van der Waals surface area contributed by atoms with Crippen LogP contribution in [0.4, 0.5) is 13.2 Å². The van der Waals surface area contributed by atoms with Crippen molar-refractivity contribution in [2.24, 2.45) is 0 Å². The van der Waals surface area contributed by atoms with Crippen molar-refractivity contribution in [1.29, 1.82) is 0 Å². The number of hydrogen-bond donors (Lipinski definition) is 2. The predicted octanol–water partition coefficient (Wildman–Crippen LogP) is 3.89. The highest BCUT2D eigenvalue weighted by Crippen LogP contribution is 2.31. The molecule has 2 aromatic carbocycles. The van der Waals surface area contributed by atoms with Crippen LogP contribution in [0.5, 0.6) is 0 Å². The minimum atomic E-state index is -4.49. The first-order valence-corrected chi connectivity index (χ1v) is 8.70. The normalized spacial score (nSPS) is 12.0. The molecular formula is C20H15F3N4O2. The van der Waals surface area contributed by atoms with Crippen molar-refractivity contribution >= 4 is 22.6 Å². The molecule has 0 aliphatic rings. The molecule has 2 aromatic heterocycles. The van der Waals surface area contributed by atoms with Crippen LogP contribution in [-0.2, 0) is 19.3 Å². The Morgan fingerprint density at radius 3 is 2.55 bits per heavy atom. The first-order chi connectivity index (χ1) is 13.8. The third-order valence-electron chi connectivity index (χ3n) is 4.53. The average Bonchev–Trinajstić information content (AvgIpc) is 3.07. The molecular weight excluding hydrogens is 385 g/mol. The van der Waals surface area contributed by atoms with Crippen LogP contribution < -0.4 is 5.32 Å². The Bertz CT molecular complexity index is 1200. The van der Waals surface area contributed by atoms with Crippen LogP contribution in [0, 0.1) is 0 Å². The molecule has 0 fully saturated rings. The number of halogens is 3. The molecule has 4 aromatic rings. The monoisotopic (exact) mass is 400 g/mol. The Labute approximate surface area is 162 Å². The van der Waals surface area contributed by atoms with Crippen LogP contribution in [0.3, 0.4) is 0 Å². The number of hydrogen-bond acceptors (Lipinski definition) is 4. The lowest BCUT2D eigenvalue weighted by molar-refractivity contribution is -0.137. The fourth-order valence-corrected chi connectivity index (χ4v) is 3.20. The minimum absolute atomic E-state index is 0.103. The van der Waals surface area contributed by atoms with Crippen molar-refractivity contribution in [2.45, 2.75) is 19.3 Å². The fourth-order valence-electron chi connectivity index (χ4n) is 3.20. The molecule has 6 nitrogen and oxygen atoms in total. The van der Waals surface area contributed by atoms with Gasteiger partial charge in [-0.25, -0.2) is 9.78 Å². The van der Waals surface area contributed by atoms with E-state index in [1.807, 2.05) is 30.3 Å². The topological polar surface area (TPSA) is 79.5 Å². The quantitative estimate of drug-likeness (QED) is 0.531. The van der Waals surface area contributed by atoms with Gasteiger partial charge in [0.15, 0.2) is 11.3 Å². The molecule has 0 bridgehead atoms. The molecule has 29 heavy (non-hydrogen) atoms. The van der Waals surface area contributed by atoms with Gasteiger partial charge in [0.05, 0.1) is 28.5 Å². The summed E-state index contributed by atoms with van der Waals surface area (Å²) >= 11 is 0. The van der Waals surface area contributed by atoms with E-state index in [1.54, 1.807) is 0 Å². The maximum absolute atomic E-state index is 13.0. The van der Waals surface area contributed by atoms with Crippen molar-refractivity contribution in [3.8, 4) is 0 Å². The maximum Gasteiger partial charge on any atom is 0.416 e. The number of aromatic nitrogens is 3. The molecule has 0 atom stereocenters. The summed E-state index contributed by atoms with van der Waals surface area (Å²) in [4.78, 5) is 19.8. The highest BCUT2D eigenvalue weighted by Gasteiger charge is 2.31. The number of imidazole rings is 1. The van der Waals surface area contributed by atoms with Crippen molar-refractivity contribution in [1.82, 2.24) is 19.7 Å². The highest BCUT2D eigenvalue weighted by atomic mass is 19.4. The van der Waals surface area contributed by atoms with Crippen molar-refractivity contribution in [3.63, 3.8) is 0 Å². The summed E-state index contributed by atoms with van der Waals surface area (Å²) < 4.78 is 40.6. The standard InChI is InChI=1S/C20H15F3N4O2/c21-20(22,23)13-6-7-15-14(8-13)25-11-17-26-18(19(28)29)16(27(15)17)10-24-9-12-4-2-1-3-5-12/h1-8,11,24H,9-10H2,(H,28,29). The van der Waals surface area contributed by atoms with Gasteiger partial charge >= 0.3 is 12.1 Å². The smallest absolute Gasteiger partial charge is 0.416 e. The second kappa shape index (κ2) is 7.17. The Morgan fingerprint density at radius 2 is 1.86 bits per heavy atom. The first-order valence-electron chi connectivity index (χ1n) is 8.70. The van der Waals surface area contributed by atoms with Crippen molar-refractivity contribution in [3.05, 3.63) is 77.2 Å². The number of aromatic carboxylic acids is 1. The lowest BCUT2D eigenvalue weighted by atomic mass is 10.2. The lowest BCUT2D eigenvalue weighted by Gasteiger charge is -2.11. The number of fused-ring (bicyclic) bond motifs is 3. The zero-order valence-electron chi connectivity index (χ0n) is 14.9. The summed E-state index contributed by atoms with van der Waals surface area (Å²) in [6.45, 7) is 0.659. The van der Waals surface area contributed by atoms with Gasteiger partial charge in [-0.15, -0.1) is 0 Å². The fraction of sp³-hybridized carbons (Fsp3) is 0.150. The molecule has 148 valence electrons. The van der Waals surface area contributed by atoms with Crippen molar-refractivity contribution in [2.75, 3.05) is 0 Å². The Kier molecular flexibility index (Phi) is 4.67. The Balaban J connectivity index is 1.78. The van der Waals surface area contributed by atoms with E-state index < -0.39 is 17.7 Å². The summed E-state index contributed by atoms with van der Waals surface area (Å²) in [5.41, 5.74) is 1.08. The van der Waals surface area contributed by atoms with E-state index in [0.29, 0.717) is 17.8 Å². The van der Waals surface area contributed by atoms with E-state index in [2.05, 4.69) is 15.3 Å². The van der Waals surface area contributed by atoms with Gasteiger partial charge in [-0.2, -0.15) is 13.2 Å². The van der Waals surface area contributed by atoms with Crippen LogP contribution in [0.15, 0.2) is 54.7 Å². The molecule has 0 spiro atoms. The number of rotatable bonds is 5. The SMILES string of the molecule is O=C(O)c1nc2cnc3cc(C(F)(F)F)ccc3n2c1CNCc1ccccc1. The summed E-state index contributed by atoms with van der Waals surface area (Å²) in [6.07, 6.45) is -3.22. The van der Waals surface area contributed by atoms with E-state index in [0.717, 1.165) is 17.7 Å². The van der Waals surface area contributed by atoms with Gasteiger partial charge in [0, 0.05) is 13.1 Å². The van der Waals surface area contributed by atoms with Crippen LogP contribution in [-0.4, -0.2) is 25.4 Å². The second-order valence-corrected chi connectivity index (χ2v) is 6.45. The van der Waals surface area contributed by atoms with Gasteiger partial charge in [-0.3, -0.25) is 9.38 Å². The van der Waals surface area contributed by atoms with Crippen LogP contribution in [0.2, 0.25) is 0 Å². The third-order valence-corrected chi connectivity index (χ3v) is 4.53. The number of nitrogens with one attached hydrogen (secondary N) is 1. The largest absolute Gasteiger partial charge is 0.476 e. The number of nitrogens with zero attached hydrogens (tertiary/aromatic N) is 3. The molecule has 9 heteroatoms. The maximum atomic E-state index is 13.0. The van der Waals surface area contributed by atoms with E-state index in [-0.39, 0.29) is 23.4 Å². The molecule has 0 radical (unpaired) electrons. The zero-order valence-corrected chi connectivity index (χ0v) is 14.9. The Hall–Kier alpha value is -3.46. The molecule has 4 rings (SSSR count). The van der Waals surface area contributed by atoms with E-state index >= 15 is 0 Å². The molecule has 0 saturated carbocycles.